The van der Waals surface area contributed by atoms with Crippen molar-refractivity contribution in [2.75, 3.05) is 23.2 Å². The molecule has 1 aliphatic rings. The molecular formula is C35H29N3O7. The average Bonchev–Trinajstić information content (AvgIpc) is 3.52. The summed E-state index contributed by atoms with van der Waals surface area (Å²) in [6.07, 6.45) is -0.0546. The maximum atomic E-state index is 13.4. The molecule has 0 unspecified atom stereocenters. The van der Waals surface area contributed by atoms with Gasteiger partial charge in [-0.2, -0.15) is 0 Å². The van der Waals surface area contributed by atoms with Crippen LogP contribution in [0.25, 0.3) is 10.8 Å². The van der Waals surface area contributed by atoms with Gasteiger partial charge in [0.05, 0.1) is 11.4 Å². The second kappa shape index (κ2) is 13.0. The van der Waals surface area contributed by atoms with E-state index in [-0.39, 0.29) is 12.5 Å². The van der Waals surface area contributed by atoms with Gasteiger partial charge in [-0.15, -0.1) is 0 Å². The van der Waals surface area contributed by atoms with E-state index in [1.54, 1.807) is 84.9 Å². The van der Waals surface area contributed by atoms with Gasteiger partial charge < -0.3 is 35.1 Å². The van der Waals surface area contributed by atoms with Crippen molar-refractivity contribution in [2.24, 2.45) is 0 Å². The van der Waals surface area contributed by atoms with Crippen LogP contribution < -0.4 is 30.6 Å². The molecule has 0 saturated heterocycles. The monoisotopic (exact) mass is 603 g/mol. The number of phenols is 1. The molecule has 0 aromatic heterocycles. The fourth-order valence-electron chi connectivity index (χ4n) is 4.92. The van der Waals surface area contributed by atoms with E-state index in [0.29, 0.717) is 50.6 Å². The smallest absolute Gasteiger partial charge is 0.412 e. The Morgan fingerprint density at radius 2 is 1.56 bits per heavy atom. The van der Waals surface area contributed by atoms with Crippen molar-refractivity contribution < 1.29 is 33.6 Å². The van der Waals surface area contributed by atoms with Crippen LogP contribution >= 0.6 is 0 Å². The first kappa shape index (κ1) is 28.9. The summed E-state index contributed by atoms with van der Waals surface area (Å²) in [5.41, 5.74) is 7.83. The van der Waals surface area contributed by atoms with E-state index in [9.17, 15) is 14.7 Å². The molecule has 1 heterocycles. The number of hydrogen-bond donors (Lipinski definition) is 4. The summed E-state index contributed by atoms with van der Waals surface area (Å²) in [7, 11) is 0. The summed E-state index contributed by atoms with van der Waals surface area (Å²) in [5.74, 6) is 1.14. The quantitative estimate of drug-likeness (QED) is 0.107. The van der Waals surface area contributed by atoms with Crippen molar-refractivity contribution in [1.82, 2.24) is 0 Å². The lowest BCUT2D eigenvalue weighted by Crippen LogP contribution is -2.30. The lowest BCUT2D eigenvalue weighted by Gasteiger charge is -2.27. The molecule has 0 bridgehead atoms. The van der Waals surface area contributed by atoms with Crippen LogP contribution in [-0.2, 0) is 9.53 Å². The minimum Gasteiger partial charge on any atom is -0.507 e. The van der Waals surface area contributed by atoms with Crippen molar-refractivity contribution in [1.29, 1.82) is 0 Å². The number of aromatic hydroxyl groups is 1. The van der Waals surface area contributed by atoms with E-state index in [2.05, 4.69) is 10.6 Å². The third-order valence-electron chi connectivity index (χ3n) is 7.06. The highest BCUT2D eigenvalue weighted by atomic mass is 16.7. The largest absolute Gasteiger partial charge is 0.507 e. The van der Waals surface area contributed by atoms with Crippen LogP contribution in [0, 0.1) is 0 Å². The Morgan fingerprint density at radius 1 is 0.822 bits per heavy atom. The predicted octanol–water partition coefficient (Wildman–Crippen LogP) is 6.79. The normalized spacial score (nSPS) is 13.2. The van der Waals surface area contributed by atoms with Crippen LogP contribution in [-0.4, -0.2) is 30.0 Å². The van der Waals surface area contributed by atoms with Crippen LogP contribution in [0.3, 0.4) is 0 Å². The number of amides is 2. The van der Waals surface area contributed by atoms with Crippen molar-refractivity contribution in [3.63, 3.8) is 0 Å². The number of nitrogen functional groups attached to an aromatic ring is 1. The molecule has 1 aliphatic heterocycles. The maximum absolute atomic E-state index is 13.4. The lowest BCUT2D eigenvalue weighted by molar-refractivity contribution is -0.112. The number of para-hydroxylation sites is 3. The highest BCUT2D eigenvalue weighted by Gasteiger charge is 2.30. The summed E-state index contributed by atoms with van der Waals surface area (Å²) in [4.78, 5) is 26.5. The molecule has 2 atom stereocenters. The minimum atomic E-state index is -1.09. The average molecular weight is 604 g/mol. The van der Waals surface area contributed by atoms with Gasteiger partial charge in [0.25, 0.3) is 0 Å². The van der Waals surface area contributed by atoms with E-state index in [1.165, 1.54) is 18.2 Å². The summed E-state index contributed by atoms with van der Waals surface area (Å²) in [5, 5.41) is 17.3. The first-order valence-corrected chi connectivity index (χ1v) is 14.1. The minimum absolute atomic E-state index is 0.0637. The van der Waals surface area contributed by atoms with Crippen LogP contribution in [0.4, 0.5) is 21.9 Å². The van der Waals surface area contributed by atoms with Gasteiger partial charge in [-0.3, -0.25) is 10.1 Å². The van der Waals surface area contributed by atoms with Gasteiger partial charge in [0, 0.05) is 28.8 Å². The van der Waals surface area contributed by atoms with Gasteiger partial charge in [-0.1, -0.05) is 60.7 Å². The molecule has 45 heavy (non-hydrogen) atoms. The SMILES string of the molecule is Nc1ccccc1NC(=O)/C=C/[C@H](Oc1ccccc1)[C@@H](OC(=O)Nc1ccc2c(c1)OCO2)c1ccc(O)c2ccccc12. The zero-order chi connectivity index (χ0) is 31.2. The van der Waals surface area contributed by atoms with Gasteiger partial charge in [-0.25, -0.2) is 4.79 Å². The highest BCUT2D eigenvalue weighted by Crippen LogP contribution is 2.37. The molecule has 0 aliphatic carbocycles. The van der Waals surface area contributed by atoms with Crippen LogP contribution in [0.15, 0.2) is 121 Å². The molecule has 5 aromatic carbocycles. The molecule has 226 valence electrons. The van der Waals surface area contributed by atoms with Crippen molar-refractivity contribution in [3.8, 4) is 23.0 Å². The predicted molar refractivity (Wildman–Crippen MR) is 171 cm³/mol. The van der Waals surface area contributed by atoms with Gasteiger partial charge in [0.15, 0.2) is 23.7 Å². The molecule has 5 N–H and O–H groups in total. The van der Waals surface area contributed by atoms with E-state index >= 15 is 0 Å². The van der Waals surface area contributed by atoms with E-state index in [4.69, 9.17) is 24.7 Å². The number of nitrogens with one attached hydrogen (secondary N) is 2. The Morgan fingerprint density at radius 3 is 2.38 bits per heavy atom. The summed E-state index contributed by atoms with van der Waals surface area (Å²) < 4.78 is 23.2. The second-order valence-electron chi connectivity index (χ2n) is 10.1. The van der Waals surface area contributed by atoms with Crippen LogP contribution in [0.5, 0.6) is 23.0 Å². The van der Waals surface area contributed by atoms with E-state index in [0.717, 1.165) is 0 Å². The van der Waals surface area contributed by atoms with Gasteiger partial charge in [0.1, 0.15) is 11.5 Å². The summed E-state index contributed by atoms with van der Waals surface area (Å²) in [6.45, 7) is 0.0918. The number of carbonyl (C=O) groups is 2. The molecular weight excluding hydrogens is 574 g/mol. The molecule has 0 saturated carbocycles. The van der Waals surface area contributed by atoms with Crippen molar-refractivity contribution >= 4 is 39.8 Å². The first-order chi connectivity index (χ1) is 21.9. The zero-order valence-corrected chi connectivity index (χ0v) is 23.9. The molecule has 5 aromatic rings. The van der Waals surface area contributed by atoms with Crippen LogP contribution in [0.1, 0.15) is 11.7 Å². The number of anilines is 3. The topological polar surface area (TPSA) is 141 Å². The van der Waals surface area contributed by atoms with E-state index < -0.39 is 24.2 Å². The molecule has 10 nitrogen and oxygen atoms in total. The molecule has 0 spiro atoms. The Bertz CT molecular complexity index is 1880. The molecule has 10 heteroatoms. The van der Waals surface area contributed by atoms with Crippen molar-refractivity contribution in [2.45, 2.75) is 12.2 Å². The summed E-state index contributed by atoms with van der Waals surface area (Å²) in [6, 6.07) is 31.2. The number of benzene rings is 5. The fourth-order valence-corrected chi connectivity index (χ4v) is 4.92. The first-order valence-electron chi connectivity index (χ1n) is 14.1. The second-order valence-corrected chi connectivity index (χ2v) is 10.1. The molecule has 0 fully saturated rings. The Kier molecular flexibility index (Phi) is 8.36. The van der Waals surface area contributed by atoms with Gasteiger partial charge in [-0.05, 0) is 53.9 Å². The van der Waals surface area contributed by atoms with Gasteiger partial charge in [0.2, 0.25) is 12.7 Å². The number of ether oxygens (including phenoxy) is 4. The third-order valence-corrected chi connectivity index (χ3v) is 7.06. The standard InChI is InChI=1S/C35H29N3O7/c36-27-12-6-7-13-28(27)38-33(40)19-18-31(44-23-8-2-1-3-9-23)34(26-15-16-29(39)25-11-5-4-10-24(25)26)45-35(41)37-22-14-17-30-32(20-22)43-21-42-30/h1-20,31,34,39H,21,36H2,(H,37,41)(H,38,40)/b19-18+/t31-,34-/m0/s1. The Hall–Kier alpha value is -6.16. The number of rotatable bonds is 9. The number of carbonyl (C=O) groups excluding carboxylic acids is 2. The van der Waals surface area contributed by atoms with Crippen molar-refractivity contribution in [3.05, 3.63) is 127 Å². The van der Waals surface area contributed by atoms with Gasteiger partial charge >= 0.3 is 6.09 Å². The number of hydrogen-bond acceptors (Lipinski definition) is 8. The number of phenolic OH excluding ortho intramolecular Hbond substituents is 1. The lowest BCUT2D eigenvalue weighted by atomic mass is 9.96. The molecule has 0 radical (unpaired) electrons. The van der Waals surface area contributed by atoms with E-state index in [1.807, 2.05) is 18.2 Å². The Balaban J connectivity index is 1.36. The highest BCUT2D eigenvalue weighted by molar-refractivity contribution is 6.01. The fraction of sp³-hybridized carbons (Fsp3) is 0.0857. The number of nitrogens with two attached hydrogens (primary N) is 1. The summed E-state index contributed by atoms with van der Waals surface area (Å²) >= 11 is 0. The number of fused-ring (bicyclic) bond motifs is 2. The maximum Gasteiger partial charge on any atom is 0.412 e. The molecule has 6 rings (SSSR count). The molecule has 2 amide bonds. The Labute approximate surface area is 258 Å². The third kappa shape index (κ3) is 6.75. The van der Waals surface area contributed by atoms with Crippen LogP contribution in [0.2, 0.25) is 0 Å². The zero-order valence-electron chi connectivity index (χ0n) is 23.9.